The first kappa shape index (κ1) is 24.3. The lowest BCUT2D eigenvalue weighted by molar-refractivity contribution is -0.124. The fraction of sp³-hybridized carbons (Fsp3) is 0.318. The molecule has 0 aliphatic rings. The van der Waals surface area contributed by atoms with Gasteiger partial charge in [0.2, 0.25) is 11.8 Å². The molecule has 0 saturated carbocycles. The van der Waals surface area contributed by atoms with Crippen LogP contribution in [0.2, 0.25) is 5.02 Å². The van der Waals surface area contributed by atoms with Crippen molar-refractivity contribution in [2.75, 3.05) is 11.9 Å². The molecule has 166 valence electrons. The van der Waals surface area contributed by atoms with Crippen LogP contribution in [0, 0.1) is 17.6 Å². The minimum Gasteiger partial charge on any atom is -0.354 e. The van der Waals surface area contributed by atoms with Gasteiger partial charge in [-0.2, -0.15) is 0 Å². The Morgan fingerprint density at radius 2 is 1.61 bits per heavy atom. The molecular weight excluding hydrogens is 428 g/mol. The van der Waals surface area contributed by atoms with E-state index < -0.39 is 35.1 Å². The van der Waals surface area contributed by atoms with Gasteiger partial charge < -0.3 is 16.0 Å². The van der Waals surface area contributed by atoms with E-state index in [-0.39, 0.29) is 24.8 Å². The van der Waals surface area contributed by atoms with Crippen LogP contribution < -0.4 is 16.0 Å². The predicted octanol–water partition coefficient (Wildman–Crippen LogP) is 3.91. The van der Waals surface area contributed by atoms with E-state index >= 15 is 0 Å². The lowest BCUT2D eigenvalue weighted by atomic mass is 10.0. The number of benzene rings is 2. The Hall–Kier alpha value is -3.00. The van der Waals surface area contributed by atoms with Gasteiger partial charge in [0.15, 0.2) is 0 Å². The highest BCUT2D eigenvalue weighted by Gasteiger charge is 2.27. The molecule has 0 radical (unpaired) electrons. The standard InChI is InChI=1S/C22H24ClF2N3O3/c1-13(2)20(28-21(30)19-16(24)5-3-6-17(19)25)22(31)26-12-4-7-18(29)27-15-10-8-14(23)9-11-15/h3,5-6,8-11,13,20H,4,7,12H2,1-2H3,(H,26,31)(H,27,29)(H,28,30)/t20-/m0/s1. The minimum absolute atomic E-state index is 0.169. The van der Waals surface area contributed by atoms with Crippen molar-refractivity contribution in [3.05, 3.63) is 64.7 Å². The van der Waals surface area contributed by atoms with Crippen molar-refractivity contribution in [1.82, 2.24) is 10.6 Å². The van der Waals surface area contributed by atoms with Crippen molar-refractivity contribution in [1.29, 1.82) is 0 Å². The summed E-state index contributed by atoms with van der Waals surface area (Å²) in [6.07, 6.45) is 0.536. The second-order valence-corrected chi connectivity index (χ2v) is 7.68. The Labute approximate surface area is 184 Å². The van der Waals surface area contributed by atoms with Crippen LogP contribution in [0.1, 0.15) is 37.0 Å². The number of hydrogen-bond acceptors (Lipinski definition) is 3. The van der Waals surface area contributed by atoms with Crippen LogP contribution in [-0.2, 0) is 9.59 Å². The Morgan fingerprint density at radius 3 is 2.19 bits per heavy atom. The maximum Gasteiger partial charge on any atom is 0.257 e. The van der Waals surface area contributed by atoms with E-state index in [1.54, 1.807) is 38.1 Å². The molecule has 0 bridgehead atoms. The van der Waals surface area contributed by atoms with Crippen LogP contribution in [0.3, 0.4) is 0 Å². The molecule has 0 aromatic heterocycles. The monoisotopic (exact) mass is 451 g/mol. The molecule has 2 aromatic rings. The fourth-order valence-corrected chi connectivity index (χ4v) is 2.92. The van der Waals surface area contributed by atoms with Gasteiger partial charge in [-0.15, -0.1) is 0 Å². The molecule has 31 heavy (non-hydrogen) atoms. The predicted molar refractivity (Wildman–Crippen MR) is 115 cm³/mol. The molecule has 6 nitrogen and oxygen atoms in total. The fourth-order valence-electron chi connectivity index (χ4n) is 2.79. The number of nitrogens with one attached hydrogen (secondary N) is 3. The summed E-state index contributed by atoms with van der Waals surface area (Å²) < 4.78 is 27.6. The molecule has 9 heteroatoms. The van der Waals surface area contributed by atoms with Gasteiger partial charge in [0.05, 0.1) is 0 Å². The molecule has 3 N–H and O–H groups in total. The SMILES string of the molecule is CC(C)[C@H](NC(=O)c1c(F)cccc1F)C(=O)NCCCC(=O)Nc1ccc(Cl)cc1. The summed E-state index contributed by atoms with van der Waals surface area (Å²) in [4.78, 5) is 36.7. The van der Waals surface area contributed by atoms with E-state index in [0.717, 1.165) is 18.2 Å². The first-order valence-corrected chi connectivity index (χ1v) is 10.1. The molecule has 0 aliphatic carbocycles. The van der Waals surface area contributed by atoms with Gasteiger partial charge in [-0.05, 0) is 48.7 Å². The Balaban J connectivity index is 1.83. The largest absolute Gasteiger partial charge is 0.354 e. The van der Waals surface area contributed by atoms with Gasteiger partial charge >= 0.3 is 0 Å². The molecule has 2 rings (SSSR count). The van der Waals surface area contributed by atoms with Crippen LogP contribution >= 0.6 is 11.6 Å². The normalized spacial score (nSPS) is 11.7. The van der Waals surface area contributed by atoms with Gasteiger partial charge in [0, 0.05) is 23.7 Å². The topological polar surface area (TPSA) is 87.3 Å². The minimum atomic E-state index is -1.01. The van der Waals surface area contributed by atoms with Crippen molar-refractivity contribution in [2.24, 2.45) is 5.92 Å². The van der Waals surface area contributed by atoms with E-state index in [1.807, 2.05) is 0 Å². The zero-order chi connectivity index (χ0) is 23.0. The zero-order valence-electron chi connectivity index (χ0n) is 17.2. The number of halogens is 3. The maximum atomic E-state index is 13.8. The van der Waals surface area contributed by atoms with Crippen molar-refractivity contribution in [2.45, 2.75) is 32.7 Å². The second-order valence-electron chi connectivity index (χ2n) is 7.24. The summed E-state index contributed by atoms with van der Waals surface area (Å²) >= 11 is 5.79. The smallest absolute Gasteiger partial charge is 0.257 e. The van der Waals surface area contributed by atoms with Crippen LogP contribution in [0.5, 0.6) is 0 Å². The van der Waals surface area contributed by atoms with Crippen LogP contribution in [-0.4, -0.2) is 30.3 Å². The van der Waals surface area contributed by atoms with E-state index in [1.165, 1.54) is 0 Å². The Bertz CT molecular complexity index is 916. The highest BCUT2D eigenvalue weighted by atomic mass is 35.5. The number of amides is 3. The van der Waals surface area contributed by atoms with E-state index in [9.17, 15) is 23.2 Å². The van der Waals surface area contributed by atoms with Crippen molar-refractivity contribution in [3.8, 4) is 0 Å². The molecule has 2 aromatic carbocycles. The quantitative estimate of drug-likeness (QED) is 0.505. The first-order chi connectivity index (χ1) is 14.7. The maximum absolute atomic E-state index is 13.8. The van der Waals surface area contributed by atoms with Crippen LogP contribution in [0.25, 0.3) is 0 Å². The molecule has 0 saturated heterocycles. The highest BCUT2D eigenvalue weighted by molar-refractivity contribution is 6.30. The Kier molecular flexibility index (Phi) is 8.93. The van der Waals surface area contributed by atoms with E-state index in [0.29, 0.717) is 17.1 Å². The van der Waals surface area contributed by atoms with Gasteiger partial charge in [-0.25, -0.2) is 8.78 Å². The van der Waals surface area contributed by atoms with Gasteiger partial charge in [0.25, 0.3) is 5.91 Å². The summed E-state index contributed by atoms with van der Waals surface area (Å²) in [6, 6.07) is 8.77. The van der Waals surface area contributed by atoms with Crippen molar-refractivity contribution in [3.63, 3.8) is 0 Å². The first-order valence-electron chi connectivity index (χ1n) is 9.77. The summed E-state index contributed by atoms with van der Waals surface area (Å²) in [5.74, 6) is -4.07. The molecule has 0 heterocycles. The number of carbonyl (C=O) groups excluding carboxylic acids is 3. The average Bonchev–Trinajstić information content (AvgIpc) is 2.70. The lowest BCUT2D eigenvalue weighted by Crippen LogP contribution is -2.50. The number of carbonyl (C=O) groups is 3. The third-order valence-corrected chi connectivity index (χ3v) is 4.69. The van der Waals surface area contributed by atoms with Crippen LogP contribution in [0.15, 0.2) is 42.5 Å². The van der Waals surface area contributed by atoms with Crippen LogP contribution in [0.4, 0.5) is 14.5 Å². The summed E-state index contributed by atoms with van der Waals surface area (Å²) in [5.41, 5.74) is -0.124. The summed E-state index contributed by atoms with van der Waals surface area (Å²) in [7, 11) is 0. The van der Waals surface area contributed by atoms with Crippen molar-refractivity contribution >= 4 is 35.0 Å². The third kappa shape index (κ3) is 7.32. The zero-order valence-corrected chi connectivity index (χ0v) is 17.9. The molecule has 0 fully saturated rings. The van der Waals surface area contributed by atoms with E-state index in [2.05, 4.69) is 16.0 Å². The van der Waals surface area contributed by atoms with Gasteiger partial charge in [-0.3, -0.25) is 14.4 Å². The summed E-state index contributed by atoms with van der Waals surface area (Å²) in [6.45, 7) is 3.59. The molecule has 1 atom stereocenters. The number of rotatable bonds is 9. The lowest BCUT2D eigenvalue weighted by Gasteiger charge is -2.22. The average molecular weight is 452 g/mol. The summed E-state index contributed by atoms with van der Waals surface area (Å²) in [5, 5.41) is 8.29. The van der Waals surface area contributed by atoms with Gasteiger partial charge in [0.1, 0.15) is 23.2 Å². The molecule has 0 aliphatic heterocycles. The molecule has 0 spiro atoms. The second kappa shape index (κ2) is 11.4. The van der Waals surface area contributed by atoms with Gasteiger partial charge in [-0.1, -0.05) is 31.5 Å². The highest BCUT2D eigenvalue weighted by Crippen LogP contribution is 2.14. The number of anilines is 1. The van der Waals surface area contributed by atoms with Crippen molar-refractivity contribution < 1.29 is 23.2 Å². The molecular formula is C22H24ClF2N3O3. The molecule has 0 unspecified atom stereocenters. The number of hydrogen-bond donors (Lipinski definition) is 3. The van der Waals surface area contributed by atoms with E-state index in [4.69, 9.17) is 11.6 Å². The Morgan fingerprint density at radius 1 is 1.00 bits per heavy atom. The molecule has 3 amide bonds. The third-order valence-electron chi connectivity index (χ3n) is 4.43.